The van der Waals surface area contributed by atoms with Crippen LogP contribution in [0.15, 0.2) is 54.7 Å². The molecule has 4 N–H and O–H groups in total. The number of carboxylic acids is 1. The summed E-state index contributed by atoms with van der Waals surface area (Å²) in [4.78, 5) is 54.6. The predicted octanol–water partition coefficient (Wildman–Crippen LogP) is 3.30. The van der Waals surface area contributed by atoms with E-state index < -0.39 is 29.3 Å². The van der Waals surface area contributed by atoms with Gasteiger partial charge in [-0.1, -0.05) is 48.2 Å². The van der Waals surface area contributed by atoms with Crippen molar-refractivity contribution >= 4 is 57.3 Å². The van der Waals surface area contributed by atoms with Crippen LogP contribution in [0.2, 0.25) is 0 Å². The molecule has 2 amide bonds. The van der Waals surface area contributed by atoms with Gasteiger partial charge in [0.1, 0.15) is 23.2 Å². The van der Waals surface area contributed by atoms with E-state index in [1.165, 1.54) is 29.7 Å². The minimum absolute atomic E-state index is 0.000262. The van der Waals surface area contributed by atoms with E-state index in [1.54, 1.807) is 24.4 Å². The van der Waals surface area contributed by atoms with Crippen molar-refractivity contribution in [2.24, 2.45) is 0 Å². The fourth-order valence-corrected chi connectivity index (χ4v) is 6.39. The van der Waals surface area contributed by atoms with Crippen molar-refractivity contribution in [3.05, 3.63) is 65.9 Å². The number of hydrogen-bond acceptors (Lipinski definition) is 7. The molecule has 11 heteroatoms. The highest BCUT2D eigenvalue weighted by Crippen LogP contribution is 2.44. The minimum Gasteiger partial charge on any atom is -0.508 e. The van der Waals surface area contributed by atoms with Crippen LogP contribution >= 0.6 is 23.5 Å². The van der Waals surface area contributed by atoms with Crippen LogP contribution in [0, 0.1) is 0 Å². The number of aromatic hydroxyl groups is 1. The van der Waals surface area contributed by atoms with Crippen molar-refractivity contribution in [2.45, 2.75) is 37.2 Å². The van der Waals surface area contributed by atoms with Crippen LogP contribution in [0.1, 0.15) is 29.8 Å². The molecule has 1 saturated heterocycles. The van der Waals surface area contributed by atoms with Crippen LogP contribution < -0.4 is 5.32 Å². The van der Waals surface area contributed by atoms with E-state index in [2.05, 4.69) is 10.3 Å². The summed E-state index contributed by atoms with van der Waals surface area (Å²) in [6, 6.07) is 12.0. The average molecular weight is 542 g/mol. The normalized spacial score (nSPS) is 18.0. The Morgan fingerprint density at radius 3 is 2.62 bits per heavy atom. The summed E-state index contributed by atoms with van der Waals surface area (Å²) >= 11 is 2.34. The van der Waals surface area contributed by atoms with Gasteiger partial charge in [0.15, 0.2) is 5.12 Å². The minimum atomic E-state index is -1.20. The third kappa shape index (κ3) is 6.11. The topological polar surface area (TPSA) is 140 Å². The number of phenolic OH excluding ortho intramolecular Hbond substituents is 1. The van der Waals surface area contributed by atoms with Crippen LogP contribution in [0.5, 0.6) is 5.75 Å². The molecule has 9 nitrogen and oxygen atoms in total. The lowest BCUT2D eigenvalue weighted by Crippen LogP contribution is -2.52. The number of para-hydroxylation sites is 2. The number of rotatable bonds is 9. The summed E-state index contributed by atoms with van der Waals surface area (Å²) in [6.45, 7) is 1.42. The number of aliphatic carboxylic acids is 1. The highest BCUT2D eigenvalue weighted by molar-refractivity contribution is 8.13. The number of nitrogens with zero attached hydrogens (tertiary/aromatic N) is 1. The largest absolute Gasteiger partial charge is 0.508 e. The maximum Gasteiger partial charge on any atom is 0.326 e. The lowest BCUT2D eigenvalue weighted by molar-refractivity contribution is -0.144. The number of aromatic amines is 1. The van der Waals surface area contributed by atoms with Gasteiger partial charge in [-0.3, -0.25) is 14.4 Å². The molecule has 3 atom stereocenters. The van der Waals surface area contributed by atoms with Crippen LogP contribution in [0.4, 0.5) is 0 Å². The summed E-state index contributed by atoms with van der Waals surface area (Å²) in [5, 5.41) is 23.0. The first-order chi connectivity index (χ1) is 17.8. The molecule has 1 aliphatic rings. The van der Waals surface area contributed by atoms with E-state index in [1.807, 2.05) is 24.3 Å². The fourth-order valence-electron chi connectivity index (χ4n) is 4.35. The van der Waals surface area contributed by atoms with Crippen molar-refractivity contribution < 1.29 is 29.4 Å². The second kappa shape index (κ2) is 11.7. The number of benzene rings is 2. The van der Waals surface area contributed by atoms with Crippen molar-refractivity contribution in [3.8, 4) is 5.75 Å². The maximum atomic E-state index is 13.4. The lowest BCUT2D eigenvalue weighted by atomic mass is 10.0. The first-order valence-corrected chi connectivity index (χ1v) is 13.7. The predicted molar refractivity (Wildman–Crippen MR) is 143 cm³/mol. The van der Waals surface area contributed by atoms with Gasteiger partial charge >= 0.3 is 5.97 Å². The number of carboxylic acid groups (broad SMARTS) is 1. The molecule has 2 heterocycles. The SMILES string of the molecule is CC(=O)SCCC(=O)N1[C@@H](c2ccccc2O)SC[C@H]1C(=O)NC(Cc1c[nH]c2ccccc12)C(=O)O. The number of hydrogen-bond donors (Lipinski definition) is 4. The molecule has 37 heavy (non-hydrogen) atoms. The van der Waals surface area contributed by atoms with Crippen LogP contribution in [-0.4, -0.2) is 66.6 Å². The van der Waals surface area contributed by atoms with E-state index in [4.69, 9.17) is 0 Å². The van der Waals surface area contributed by atoms with Crippen LogP contribution in [0.3, 0.4) is 0 Å². The van der Waals surface area contributed by atoms with Crippen LogP contribution in [-0.2, 0) is 25.6 Å². The standard InChI is InChI=1S/C26H27N3O6S2/c1-15(30)36-11-10-23(32)29-21(14-37-25(29)18-7-3-5-9-22(18)31)24(33)28-20(26(34)35)12-16-13-27-19-8-4-2-6-17(16)19/h2-9,13,20-21,25,27,31H,10-12,14H2,1H3,(H,28,33)(H,34,35)/t20?,21-,25+/m0/s1. The number of phenols is 1. The first kappa shape index (κ1) is 26.6. The van der Waals surface area contributed by atoms with E-state index in [0.717, 1.165) is 28.2 Å². The van der Waals surface area contributed by atoms with E-state index in [0.29, 0.717) is 5.56 Å². The number of thioether (sulfide) groups is 2. The van der Waals surface area contributed by atoms with Crippen molar-refractivity contribution in [1.29, 1.82) is 0 Å². The maximum absolute atomic E-state index is 13.4. The second-order valence-electron chi connectivity index (χ2n) is 8.61. The van der Waals surface area contributed by atoms with Gasteiger partial charge in [0.05, 0.1) is 0 Å². The Morgan fingerprint density at radius 2 is 1.89 bits per heavy atom. The summed E-state index contributed by atoms with van der Waals surface area (Å²) in [5.74, 6) is -1.62. The number of H-pyrrole nitrogens is 1. The Kier molecular flexibility index (Phi) is 8.45. The average Bonchev–Trinajstić information content (AvgIpc) is 3.48. The van der Waals surface area contributed by atoms with E-state index in [9.17, 15) is 29.4 Å². The van der Waals surface area contributed by atoms with Crippen molar-refractivity contribution in [1.82, 2.24) is 15.2 Å². The summed E-state index contributed by atoms with van der Waals surface area (Å²) < 4.78 is 0. The second-order valence-corrected chi connectivity index (χ2v) is 11.0. The quantitative estimate of drug-likeness (QED) is 0.324. The Hall–Kier alpha value is -3.44. The molecule has 1 fully saturated rings. The Balaban J connectivity index is 1.55. The number of aromatic nitrogens is 1. The summed E-state index contributed by atoms with van der Waals surface area (Å²) in [7, 11) is 0. The number of fused-ring (bicyclic) bond motifs is 1. The number of carbonyl (C=O) groups is 4. The monoisotopic (exact) mass is 541 g/mol. The van der Waals surface area contributed by atoms with Gasteiger partial charge < -0.3 is 25.4 Å². The summed E-state index contributed by atoms with van der Waals surface area (Å²) in [6.07, 6.45) is 1.82. The van der Waals surface area contributed by atoms with Crippen LogP contribution in [0.25, 0.3) is 10.9 Å². The van der Waals surface area contributed by atoms with Crippen molar-refractivity contribution in [2.75, 3.05) is 11.5 Å². The molecule has 1 aromatic heterocycles. The molecule has 0 aliphatic carbocycles. The molecule has 194 valence electrons. The zero-order valence-corrected chi connectivity index (χ0v) is 21.7. The van der Waals surface area contributed by atoms with Gasteiger partial charge in [-0.15, -0.1) is 11.8 Å². The Morgan fingerprint density at radius 1 is 1.16 bits per heavy atom. The zero-order chi connectivity index (χ0) is 26.5. The van der Waals surface area contributed by atoms with Gasteiger partial charge in [-0.2, -0.15) is 0 Å². The molecule has 1 unspecified atom stereocenters. The Labute approximate surface area is 222 Å². The highest BCUT2D eigenvalue weighted by Gasteiger charge is 2.43. The number of carbonyl (C=O) groups excluding carboxylic acids is 3. The molecule has 0 spiro atoms. The van der Waals surface area contributed by atoms with Gasteiger partial charge in [-0.05, 0) is 17.7 Å². The Bertz CT molecular complexity index is 1330. The molecule has 2 aromatic carbocycles. The molecular weight excluding hydrogens is 514 g/mol. The first-order valence-electron chi connectivity index (χ1n) is 11.7. The molecule has 3 aromatic rings. The number of nitrogens with one attached hydrogen (secondary N) is 2. The smallest absolute Gasteiger partial charge is 0.326 e. The third-order valence-corrected chi connectivity index (χ3v) is 8.25. The van der Waals surface area contributed by atoms with E-state index in [-0.39, 0.29) is 41.1 Å². The molecule has 0 bridgehead atoms. The molecule has 1 aliphatic heterocycles. The van der Waals surface area contributed by atoms with Gasteiger partial charge in [0, 0.05) is 53.9 Å². The van der Waals surface area contributed by atoms with E-state index >= 15 is 0 Å². The molecule has 0 radical (unpaired) electrons. The van der Waals surface area contributed by atoms with Gasteiger partial charge in [-0.25, -0.2) is 4.79 Å². The fraction of sp³-hybridized carbons (Fsp3) is 0.308. The summed E-state index contributed by atoms with van der Waals surface area (Å²) in [5.41, 5.74) is 2.11. The highest BCUT2D eigenvalue weighted by atomic mass is 32.2. The molecular formula is C26H27N3O6S2. The number of amides is 2. The third-order valence-electron chi connectivity index (χ3n) is 6.13. The van der Waals surface area contributed by atoms with Crippen molar-refractivity contribution in [3.63, 3.8) is 0 Å². The van der Waals surface area contributed by atoms with Gasteiger partial charge in [0.2, 0.25) is 11.8 Å². The molecule has 0 saturated carbocycles. The molecule has 4 rings (SSSR count). The lowest BCUT2D eigenvalue weighted by Gasteiger charge is -2.30. The zero-order valence-electron chi connectivity index (χ0n) is 20.0. The van der Waals surface area contributed by atoms with Gasteiger partial charge in [0.25, 0.3) is 0 Å².